The van der Waals surface area contributed by atoms with Gasteiger partial charge in [-0.05, 0) is 18.0 Å². The summed E-state index contributed by atoms with van der Waals surface area (Å²) in [6.07, 6.45) is 2.85. The molecule has 0 aliphatic carbocycles. The predicted molar refractivity (Wildman–Crippen MR) is 66.9 cm³/mol. The average molecular weight is 259 g/mol. The van der Waals surface area contributed by atoms with E-state index in [1.54, 1.807) is 11.8 Å². The molecule has 0 radical (unpaired) electrons. The van der Waals surface area contributed by atoms with Gasteiger partial charge in [0.15, 0.2) is 13.1 Å². The number of likely N-dealkylation sites (tertiary alicyclic amines) is 1. The van der Waals surface area contributed by atoms with Crippen molar-refractivity contribution < 1.29 is 14.2 Å². The van der Waals surface area contributed by atoms with Gasteiger partial charge in [-0.1, -0.05) is 11.8 Å². The van der Waals surface area contributed by atoms with Crippen LogP contribution in [0.5, 0.6) is 0 Å². The van der Waals surface area contributed by atoms with Gasteiger partial charge in [-0.15, -0.1) is 0 Å². The lowest BCUT2D eigenvalue weighted by atomic mass is 10.4. The maximum absolute atomic E-state index is 11.4. The summed E-state index contributed by atoms with van der Waals surface area (Å²) in [6, 6.07) is 0. The third-order valence-electron chi connectivity index (χ3n) is 2.77. The smallest absolute Gasteiger partial charge is 0.270 e. The zero-order valence-electron chi connectivity index (χ0n) is 9.27. The Labute approximate surface area is 103 Å². The zero-order chi connectivity index (χ0) is 11.5. The molecule has 0 bridgehead atoms. The van der Waals surface area contributed by atoms with Gasteiger partial charge in [0, 0.05) is 12.8 Å². The minimum absolute atomic E-state index is 0.0115. The fourth-order valence-corrected chi connectivity index (χ4v) is 3.92. The Morgan fingerprint density at radius 1 is 1.38 bits per heavy atom. The second kappa shape index (κ2) is 5.23. The van der Waals surface area contributed by atoms with Crippen LogP contribution in [0, 0.1) is 0 Å². The molecule has 2 aliphatic heterocycles. The molecule has 0 aromatic carbocycles. The highest BCUT2D eigenvalue weighted by molar-refractivity contribution is 8.38. The van der Waals surface area contributed by atoms with Gasteiger partial charge in [0.25, 0.3) is 4.38 Å². The van der Waals surface area contributed by atoms with E-state index in [0.29, 0.717) is 19.4 Å². The van der Waals surface area contributed by atoms with Crippen LogP contribution in [0.2, 0.25) is 0 Å². The highest BCUT2D eigenvalue weighted by Crippen LogP contribution is 2.20. The van der Waals surface area contributed by atoms with Crippen molar-refractivity contribution in [3.8, 4) is 0 Å². The summed E-state index contributed by atoms with van der Waals surface area (Å²) in [4.78, 5) is 24.2. The van der Waals surface area contributed by atoms with Gasteiger partial charge >= 0.3 is 0 Å². The molecular weight excluding hydrogens is 244 g/mol. The molecule has 1 saturated heterocycles. The van der Waals surface area contributed by atoms with Crippen LogP contribution in [0.15, 0.2) is 0 Å². The summed E-state index contributed by atoms with van der Waals surface area (Å²) < 4.78 is 3.56. The second-order valence-electron chi connectivity index (χ2n) is 3.74. The molecule has 2 heterocycles. The Morgan fingerprint density at radius 3 is 2.69 bits per heavy atom. The molecule has 0 atom stereocenters. The second-order valence-corrected chi connectivity index (χ2v) is 5.88. The van der Waals surface area contributed by atoms with Gasteiger partial charge in [0.05, 0.1) is 12.3 Å². The Bertz CT molecular complexity index is 339. The molecule has 2 amide bonds. The number of nitrogens with zero attached hydrogens (tertiary/aromatic N) is 2. The molecular formula is C10H15N2O2S2+. The van der Waals surface area contributed by atoms with E-state index in [0.717, 1.165) is 18.8 Å². The number of thioether (sulfide) groups is 2. The number of hydrogen-bond donors (Lipinski definition) is 0. The van der Waals surface area contributed by atoms with Gasteiger partial charge in [-0.25, -0.2) is 4.58 Å². The summed E-state index contributed by atoms with van der Waals surface area (Å²) in [6.45, 7) is 2.35. The molecule has 16 heavy (non-hydrogen) atoms. The molecule has 0 spiro atoms. The van der Waals surface area contributed by atoms with Gasteiger partial charge in [0.1, 0.15) is 0 Å². The van der Waals surface area contributed by atoms with Crippen molar-refractivity contribution >= 4 is 39.7 Å². The van der Waals surface area contributed by atoms with Crippen LogP contribution in [0.1, 0.15) is 12.8 Å². The first-order valence-electron chi connectivity index (χ1n) is 5.34. The number of rotatable bonds is 3. The molecule has 0 aromatic heterocycles. The first-order valence-corrected chi connectivity index (χ1v) is 7.55. The molecule has 1 fully saturated rings. The summed E-state index contributed by atoms with van der Waals surface area (Å²) in [5.74, 6) is 1.09. The highest BCUT2D eigenvalue weighted by atomic mass is 32.2. The molecule has 0 unspecified atom stereocenters. The standard InChI is InChI=1S/C10H15N2O2S2/c1-15-10-11(6-7-16-10)4-5-12-8(13)2-3-9(12)14/h2-7H2,1H3/q+1. The lowest BCUT2D eigenvalue weighted by Gasteiger charge is -2.11. The van der Waals surface area contributed by atoms with Crippen LogP contribution in [0.3, 0.4) is 0 Å². The number of carbonyl (C=O) groups excluding carboxylic acids is 2. The average Bonchev–Trinajstić information content (AvgIpc) is 2.84. The Balaban J connectivity index is 1.92. The summed E-state index contributed by atoms with van der Waals surface area (Å²) in [5, 5.41) is 0. The maximum atomic E-state index is 11.4. The monoisotopic (exact) mass is 259 g/mol. The predicted octanol–water partition coefficient (Wildman–Crippen LogP) is 0.614. The van der Waals surface area contributed by atoms with E-state index in [9.17, 15) is 9.59 Å². The van der Waals surface area contributed by atoms with Crippen molar-refractivity contribution in [3.05, 3.63) is 0 Å². The van der Waals surface area contributed by atoms with Crippen molar-refractivity contribution in [2.75, 3.05) is 31.6 Å². The van der Waals surface area contributed by atoms with Crippen LogP contribution in [-0.2, 0) is 9.59 Å². The molecule has 6 heteroatoms. The van der Waals surface area contributed by atoms with Gasteiger partial charge in [-0.2, -0.15) is 0 Å². The van der Waals surface area contributed by atoms with Gasteiger partial charge in [-0.3, -0.25) is 14.5 Å². The van der Waals surface area contributed by atoms with E-state index in [2.05, 4.69) is 10.8 Å². The third-order valence-corrected chi connectivity index (χ3v) is 5.12. The number of amides is 2. The van der Waals surface area contributed by atoms with E-state index in [1.165, 1.54) is 9.28 Å². The molecule has 2 rings (SSSR count). The van der Waals surface area contributed by atoms with Crippen LogP contribution >= 0.6 is 23.5 Å². The quantitative estimate of drug-likeness (QED) is 0.550. The van der Waals surface area contributed by atoms with E-state index in [4.69, 9.17) is 0 Å². The Hall–Kier alpha value is -0.490. The number of imide groups is 1. The summed E-state index contributed by atoms with van der Waals surface area (Å²) in [7, 11) is 0. The van der Waals surface area contributed by atoms with Crippen LogP contribution < -0.4 is 0 Å². The molecule has 0 saturated carbocycles. The fraction of sp³-hybridized carbons (Fsp3) is 0.700. The first kappa shape index (κ1) is 12.0. The molecule has 2 aliphatic rings. The van der Waals surface area contributed by atoms with Crippen molar-refractivity contribution in [2.45, 2.75) is 12.8 Å². The van der Waals surface area contributed by atoms with Crippen LogP contribution in [-0.4, -0.2) is 57.3 Å². The first-order chi connectivity index (χ1) is 7.72. The normalized spacial score (nSPS) is 21.4. The SMILES string of the molecule is CSC1=[N+](CCN2C(=O)CCC2=O)CCS1. The van der Waals surface area contributed by atoms with Crippen molar-refractivity contribution in [2.24, 2.45) is 0 Å². The van der Waals surface area contributed by atoms with Crippen molar-refractivity contribution in [1.82, 2.24) is 4.90 Å². The van der Waals surface area contributed by atoms with Crippen molar-refractivity contribution in [1.29, 1.82) is 0 Å². The lowest BCUT2D eigenvalue weighted by Crippen LogP contribution is -2.35. The lowest BCUT2D eigenvalue weighted by molar-refractivity contribution is -0.514. The molecule has 4 nitrogen and oxygen atoms in total. The third kappa shape index (κ3) is 2.43. The van der Waals surface area contributed by atoms with E-state index in [-0.39, 0.29) is 11.8 Å². The van der Waals surface area contributed by atoms with E-state index in [1.807, 2.05) is 11.8 Å². The molecule has 88 valence electrons. The zero-order valence-corrected chi connectivity index (χ0v) is 10.9. The fourth-order valence-electron chi connectivity index (χ4n) is 1.91. The van der Waals surface area contributed by atoms with E-state index >= 15 is 0 Å². The van der Waals surface area contributed by atoms with Crippen LogP contribution in [0.25, 0.3) is 0 Å². The minimum atomic E-state index is -0.0115. The van der Waals surface area contributed by atoms with Gasteiger partial charge < -0.3 is 0 Å². The minimum Gasteiger partial charge on any atom is -0.276 e. The van der Waals surface area contributed by atoms with Gasteiger partial charge in [0.2, 0.25) is 11.8 Å². The topological polar surface area (TPSA) is 40.4 Å². The largest absolute Gasteiger partial charge is 0.276 e. The Kier molecular flexibility index (Phi) is 3.91. The maximum Gasteiger partial charge on any atom is 0.270 e. The molecule has 0 aromatic rings. The number of hydrogen-bond acceptors (Lipinski definition) is 4. The summed E-state index contributed by atoms with van der Waals surface area (Å²) >= 11 is 3.59. The Morgan fingerprint density at radius 2 is 2.06 bits per heavy atom. The molecule has 0 N–H and O–H groups in total. The van der Waals surface area contributed by atoms with E-state index < -0.39 is 0 Å². The van der Waals surface area contributed by atoms with Crippen molar-refractivity contribution in [3.63, 3.8) is 0 Å². The number of carbonyl (C=O) groups is 2. The highest BCUT2D eigenvalue weighted by Gasteiger charge is 2.31. The summed E-state index contributed by atoms with van der Waals surface area (Å²) in [5.41, 5.74) is 0. The van der Waals surface area contributed by atoms with Crippen LogP contribution in [0.4, 0.5) is 0 Å².